The summed E-state index contributed by atoms with van der Waals surface area (Å²) in [4.78, 5) is 65.1. The van der Waals surface area contributed by atoms with Crippen molar-refractivity contribution in [2.45, 2.75) is 38.4 Å². The fourth-order valence-electron chi connectivity index (χ4n) is 3.77. The van der Waals surface area contributed by atoms with Crippen LogP contribution in [0.3, 0.4) is 0 Å². The summed E-state index contributed by atoms with van der Waals surface area (Å²) in [6.45, 7) is 3.47. The molecule has 0 saturated carbocycles. The van der Waals surface area contributed by atoms with Crippen molar-refractivity contribution in [2.75, 3.05) is 19.6 Å². The first kappa shape index (κ1) is 28.7. The number of likely N-dealkylation sites (N-methyl/N-ethyl adjacent to an activating group) is 1. The van der Waals surface area contributed by atoms with E-state index in [4.69, 9.17) is 4.55 Å². The monoisotopic (exact) mass is 519 g/mol. The summed E-state index contributed by atoms with van der Waals surface area (Å²) in [7, 11) is -4.73. The number of hydrogen-bond donors (Lipinski definition) is 3. The van der Waals surface area contributed by atoms with Crippen molar-refractivity contribution in [2.24, 2.45) is 0 Å². The summed E-state index contributed by atoms with van der Waals surface area (Å²) in [5, 5.41) is 4.79. The third-order valence-electron chi connectivity index (χ3n) is 5.71. The van der Waals surface area contributed by atoms with E-state index >= 15 is 0 Å². The third-order valence-corrected chi connectivity index (χ3v) is 6.59. The fraction of sp³-hybridized carbons (Fsp3) is 0.450. The van der Waals surface area contributed by atoms with Gasteiger partial charge in [-0.15, -0.1) is 0 Å². The molecule has 2 aliphatic heterocycles. The Morgan fingerprint density at radius 1 is 1.11 bits per heavy atom. The van der Waals surface area contributed by atoms with Gasteiger partial charge in [0, 0.05) is 13.1 Å². The zero-order valence-corrected chi connectivity index (χ0v) is 22.3. The SMILES string of the molecule is CC[C@H]1CN(CC)C(=O)C(=O)N1C(=O)NC(C(=O)NC1CN(S(=O)(=O)O)C1=O)c1ccccc1.[H-].[Na+]. The van der Waals surface area contributed by atoms with Gasteiger partial charge >= 0.3 is 57.7 Å². The van der Waals surface area contributed by atoms with Crippen molar-refractivity contribution < 1.29 is 67.9 Å². The first-order valence-electron chi connectivity index (χ1n) is 10.6. The van der Waals surface area contributed by atoms with Crippen LogP contribution in [0.1, 0.15) is 33.3 Å². The molecule has 15 heteroatoms. The summed E-state index contributed by atoms with van der Waals surface area (Å²) in [5.41, 5.74) is 0.325. The second kappa shape index (κ2) is 11.5. The Kier molecular flexibility index (Phi) is 9.42. The minimum atomic E-state index is -4.73. The van der Waals surface area contributed by atoms with Gasteiger partial charge in [-0.1, -0.05) is 37.3 Å². The molecule has 0 radical (unpaired) electrons. The minimum Gasteiger partial charge on any atom is -1.00 e. The molecule has 0 bridgehead atoms. The van der Waals surface area contributed by atoms with E-state index in [-0.39, 0.29) is 41.8 Å². The van der Waals surface area contributed by atoms with Gasteiger partial charge in [-0.2, -0.15) is 8.42 Å². The molecule has 0 spiro atoms. The number of β-lactam (4-membered cyclic amide) rings is 1. The number of nitrogens with zero attached hydrogens (tertiary/aromatic N) is 3. The van der Waals surface area contributed by atoms with Crippen LogP contribution in [0.5, 0.6) is 0 Å². The molecule has 2 fully saturated rings. The number of piperazine rings is 1. The Hall–Kier alpha value is -2.52. The zero-order chi connectivity index (χ0) is 25.2. The molecular weight excluding hydrogens is 493 g/mol. The fourth-order valence-corrected chi connectivity index (χ4v) is 4.46. The van der Waals surface area contributed by atoms with Gasteiger partial charge in [0.15, 0.2) is 0 Å². The first-order chi connectivity index (χ1) is 16.0. The molecule has 13 nitrogen and oxygen atoms in total. The van der Waals surface area contributed by atoms with Crippen molar-refractivity contribution >= 4 is 40.0 Å². The molecule has 2 heterocycles. The molecule has 2 unspecified atom stereocenters. The molecule has 3 N–H and O–H groups in total. The van der Waals surface area contributed by atoms with Crippen LogP contribution in [0.25, 0.3) is 0 Å². The summed E-state index contributed by atoms with van der Waals surface area (Å²) < 4.78 is 31.4. The standard InChI is InChI=1S/C20H25N5O8S.Na.H/c1-3-13-10-23(4-2)18(28)19(29)25(13)20(30)22-15(12-8-6-5-7-9-12)16(26)21-14-11-24(17(14)27)34(31,32)33;;/h5-9,13-15H,3-4,10-11H2,1-2H3,(H,21,26)(H,22,30)(H,31,32,33);;/q;+1;-1/t13-,14?,15?;;/m0../s1. The number of imide groups is 1. The van der Waals surface area contributed by atoms with Crippen LogP contribution in [0.4, 0.5) is 4.79 Å². The third kappa shape index (κ3) is 6.01. The van der Waals surface area contributed by atoms with E-state index in [2.05, 4.69) is 10.6 Å². The largest absolute Gasteiger partial charge is 1.00 e. The van der Waals surface area contributed by atoms with Gasteiger partial charge in [-0.25, -0.2) is 9.10 Å². The number of hydrogen-bond acceptors (Lipinski definition) is 7. The van der Waals surface area contributed by atoms with E-state index < -0.39 is 64.6 Å². The number of amides is 6. The van der Waals surface area contributed by atoms with E-state index in [0.29, 0.717) is 18.5 Å². The van der Waals surface area contributed by atoms with Crippen molar-refractivity contribution in [3.8, 4) is 0 Å². The van der Waals surface area contributed by atoms with E-state index in [1.54, 1.807) is 32.0 Å². The molecular formula is C20H26N5NaO8S. The Morgan fingerprint density at radius 3 is 2.26 bits per heavy atom. The molecule has 3 atom stereocenters. The van der Waals surface area contributed by atoms with Gasteiger partial charge < -0.3 is 17.0 Å². The second-order valence-electron chi connectivity index (χ2n) is 7.78. The minimum absolute atomic E-state index is 0. The Labute approximate surface area is 225 Å². The van der Waals surface area contributed by atoms with E-state index in [0.717, 1.165) is 4.90 Å². The van der Waals surface area contributed by atoms with Crippen molar-refractivity contribution in [3.05, 3.63) is 35.9 Å². The van der Waals surface area contributed by atoms with Crippen LogP contribution in [-0.4, -0.2) is 88.5 Å². The number of nitrogens with one attached hydrogen (secondary N) is 2. The van der Waals surface area contributed by atoms with Crippen LogP contribution >= 0.6 is 0 Å². The Bertz CT molecular complexity index is 1120. The van der Waals surface area contributed by atoms with E-state index in [9.17, 15) is 32.4 Å². The number of carbonyl (C=O) groups is 5. The van der Waals surface area contributed by atoms with Crippen LogP contribution in [-0.2, 0) is 29.5 Å². The molecule has 0 aliphatic carbocycles. The number of carbonyl (C=O) groups excluding carboxylic acids is 5. The normalized spacial score (nSPS) is 21.1. The quantitative estimate of drug-likeness (QED) is 0.142. The predicted molar refractivity (Wildman–Crippen MR) is 117 cm³/mol. The van der Waals surface area contributed by atoms with E-state index in [1.165, 1.54) is 17.0 Å². The van der Waals surface area contributed by atoms with Crippen molar-refractivity contribution in [1.29, 1.82) is 0 Å². The maximum absolute atomic E-state index is 13.1. The number of rotatable bonds is 7. The van der Waals surface area contributed by atoms with Crippen LogP contribution in [0.2, 0.25) is 0 Å². The number of urea groups is 1. The second-order valence-corrected chi connectivity index (χ2v) is 9.12. The summed E-state index contributed by atoms with van der Waals surface area (Å²) >= 11 is 0. The van der Waals surface area contributed by atoms with Gasteiger partial charge in [-0.05, 0) is 18.9 Å². The van der Waals surface area contributed by atoms with Crippen molar-refractivity contribution in [1.82, 2.24) is 24.7 Å². The molecule has 35 heavy (non-hydrogen) atoms. The van der Waals surface area contributed by atoms with Crippen LogP contribution < -0.4 is 40.2 Å². The van der Waals surface area contributed by atoms with Gasteiger partial charge in [0.05, 0.1) is 12.6 Å². The van der Waals surface area contributed by atoms with Crippen LogP contribution in [0, 0.1) is 0 Å². The molecule has 0 aromatic heterocycles. The molecule has 1 aromatic rings. The first-order valence-corrected chi connectivity index (χ1v) is 12.0. The molecule has 1 aromatic carbocycles. The van der Waals surface area contributed by atoms with E-state index in [1.807, 2.05) is 0 Å². The maximum atomic E-state index is 13.1. The molecule has 3 rings (SSSR count). The number of benzene rings is 1. The average Bonchev–Trinajstić information content (AvgIpc) is 2.80. The molecule has 2 saturated heterocycles. The Morgan fingerprint density at radius 2 is 1.74 bits per heavy atom. The van der Waals surface area contributed by atoms with Gasteiger partial charge in [0.25, 0.3) is 5.91 Å². The maximum Gasteiger partial charge on any atom is 1.00 e. The topological polar surface area (TPSA) is 173 Å². The summed E-state index contributed by atoms with van der Waals surface area (Å²) in [5.74, 6) is -3.71. The Balaban J connectivity index is 0.00000324. The molecule has 186 valence electrons. The predicted octanol–water partition coefficient (Wildman–Crippen LogP) is -3.85. The molecule has 6 amide bonds. The van der Waals surface area contributed by atoms with Gasteiger partial charge in [0.2, 0.25) is 5.91 Å². The summed E-state index contributed by atoms with van der Waals surface area (Å²) in [6.07, 6.45) is 0.382. The van der Waals surface area contributed by atoms with Crippen molar-refractivity contribution in [3.63, 3.8) is 0 Å². The average molecular weight is 520 g/mol. The van der Waals surface area contributed by atoms with Crippen LogP contribution in [0.15, 0.2) is 30.3 Å². The van der Waals surface area contributed by atoms with Gasteiger partial charge in [0.1, 0.15) is 12.1 Å². The zero-order valence-electron chi connectivity index (χ0n) is 20.5. The molecule has 2 aliphatic rings. The smallest absolute Gasteiger partial charge is 1.00 e. The van der Waals surface area contributed by atoms with Gasteiger partial charge in [-0.3, -0.25) is 28.6 Å². The summed E-state index contributed by atoms with van der Waals surface area (Å²) in [6, 6.07) is 3.85.